The average Bonchev–Trinajstić information content (AvgIpc) is 2.10. The van der Waals surface area contributed by atoms with Crippen molar-refractivity contribution >= 4 is 15.9 Å². The Morgan fingerprint density at radius 2 is 2.08 bits per heavy atom. The monoisotopic (exact) mass is 250 g/mol. The second-order valence-electron chi connectivity index (χ2n) is 2.71. The van der Waals surface area contributed by atoms with E-state index >= 15 is 0 Å². The van der Waals surface area contributed by atoms with E-state index in [1.165, 1.54) is 0 Å². The van der Waals surface area contributed by atoms with Crippen molar-refractivity contribution in [3.63, 3.8) is 0 Å². The summed E-state index contributed by atoms with van der Waals surface area (Å²) >= 11 is 2.95. The molecule has 0 aromatic heterocycles. The minimum absolute atomic E-state index is 0.128. The van der Waals surface area contributed by atoms with Crippen molar-refractivity contribution in [2.45, 2.75) is 19.4 Å². The van der Waals surface area contributed by atoms with E-state index < -0.39 is 17.7 Å². The summed E-state index contributed by atoms with van der Waals surface area (Å²) in [6.07, 6.45) is -0.416. The van der Waals surface area contributed by atoms with Gasteiger partial charge in [-0.3, -0.25) is 0 Å². The van der Waals surface area contributed by atoms with Crippen molar-refractivity contribution in [2.75, 3.05) is 0 Å². The lowest BCUT2D eigenvalue weighted by Gasteiger charge is -2.10. The molecule has 0 aliphatic rings. The van der Waals surface area contributed by atoms with Crippen LogP contribution in [0.4, 0.5) is 8.78 Å². The van der Waals surface area contributed by atoms with Crippen molar-refractivity contribution in [1.82, 2.24) is 0 Å². The van der Waals surface area contributed by atoms with Crippen molar-refractivity contribution in [1.29, 1.82) is 0 Å². The molecule has 13 heavy (non-hydrogen) atoms. The number of halogens is 3. The molecule has 1 aromatic carbocycles. The molecule has 0 spiro atoms. The van der Waals surface area contributed by atoms with Crippen molar-refractivity contribution in [3.05, 3.63) is 33.8 Å². The van der Waals surface area contributed by atoms with Gasteiger partial charge in [0, 0.05) is 11.6 Å². The number of aliphatic hydroxyl groups excluding tert-OH is 1. The van der Waals surface area contributed by atoms with E-state index in [9.17, 15) is 13.9 Å². The second-order valence-corrected chi connectivity index (χ2v) is 3.51. The molecular weight excluding hydrogens is 242 g/mol. The van der Waals surface area contributed by atoms with Crippen molar-refractivity contribution in [3.8, 4) is 0 Å². The summed E-state index contributed by atoms with van der Waals surface area (Å²) in [6, 6.07) is 1.90. The first-order valence-corrected chi connectivity index (χ1v) is 4.68. The third-order valence-corrected chi connectivity index (χ3v) is 2.60. The zero-order valence-corrected chi connectivity index (χ0v) is 8.61. The van der Waals surface area contributed by atoms with Crippen molar-refractivity contribution < 1.29 is 13.9 Å². The van der Waals surface area contributed by atoms with Gasteiger partial charge in [0.1, 0.15) is 11.6 Å². The Labute approximate surface area is 83.5 Å². The van der Waals surface area contributed by atoms with Gasteiger partial charge in [-0.25, -0.2) is 8.78 Å². The Morgan fingerprint density at radius 3 is 2.62 bits per heavy atom. The molecule has 0 heterocycles. The lowest BCUT2D eigenvalue weighted by atomic mass is 10.1. The third kappa shape index (κ3) is 2.25. The van der Waals surface area contributed by atoms with Gasteiger partial charge in [-0.05, 0) is 28.4 Å². The topological polar surface area (TPSA) is 20.2 Å². The maximum Gasteiger partial charge on any atom is 0.140 e. The highest BCUT2D eigenvalue weighted by atomic mass is 79.9. The largest absolute Gasteiger partial charge is 0.388 e. The molecule has 1 atom stereocenters. The number of aliphatic hydroxyl groups is 1. The zero-order chi connectivity index (χ0) is 10.0. The highest BCUT2D eigenvalue weighted by molar-refractivity contribution is 9.10. The van der Waals surface area contributed by atoms with Crippen LogP contribution in [-0.4, -0.2) is 5.11 Å². The average molecular weight is 251 g/mol. The normalized spacial score (nSPS) is 13.0. The standard InChI is InChI=1S/C9H9BrF2O/c1-2-8(13)6-3-5(11)4-7(12)9(6)10/h3-4,8,13H,2H2,1H3/t8-/m1/s1. The van der Waals surface area contributed by atoms with Crippen LogP contribution in [0, 0.1) is 11.6 Å². The van der Waals surface area contributed by atoms with Crippen LogP contribution >= 0.6 is 15.9 Å². The van der Waals surface area contributed by atoms with E-state index in [0.29, 0.717) is 6.42 Å². The molecule has 0 fully saturated rings. The predicted octanol–water partition coefficient (Wildman–Crippen LogP) is 3.17. The first kappa shape index (κ1) is 10.6. The Kier molecular flexibility index (Phi) is 3.39. The van der Waals surface area contributed by atoms with E-state index in [-0.39, 0.29) is 10.0 Å². The Balaban J connectivity index is 3.20. The lowest BCUT2D eigenvalue weighted by Crippen LogP contribution is -1.99. The molecular formula is C9H9BrF2O. The van der Waals surface area contributed by atoms with E-state index in [4.69, 9.17) is 0 Å². The van der Waals surface area contributed by atoms with Crippen LogP contribution in [0.1, 0.15) is 25.0 Å². The Morgan fingerprint density at radius 1 is 1.46 bits per heavy atom. The predicted molar refractivity (Wildman–Crippen MR) is 49.3 cm³/mol. The molecule has 1 aromatic rings. The zero-order valence-electron chi connectivity index (χ0n) is 7.02. The van der Waals surface area contributed by atoms with Crippen LogP contribution < -0.4 is 0 Å². The summed E-state index contributed by atoms with van der Waals surface area (Å²) in [5.41, 5.74) is 0.250. The first-order valence-electron chi connectivity index (χ1n) is 3.88. The van der Waals surface area contributed by atoms with Gasteiger partial charge in [0.05, 0.1) is 10.6 Å². The van der Waals surface area contributed by atoms with Gasteiger partial charge in [-0.1, -0.05) is 6.92 Å². The van der Waals surface area contributed by atoms with Crippen LogP contribution in [-0.2, 0) is 0 Å². The van der Waals surface area contributed by atoms with E-state index in [2.05, 4.69) is 15.9 Å². The fourth-order valence-corrected chi connectivity index (χ4v) is 1.53. The summed E-state index contributed by atoms with van der Waals surface area (Å²) in [5.74, 6) is -1.37. The number of benzene rings is 1. The van der Waals surface area contributed by atoms with Gasteiger partial charge in [0.25, 0.3) is 0 Å². The van der Waals surface area contributed by atoms with E-state index in [1.54, 1.807) is 6.92 Å². The molecule has 1 rings (SSSR count). The van der Waals surface area contributed by atoms with Crippen LogP contribution in [0.5, 0.6) is 0 Å². The fraction of sp³-hybridized carbons (Fsp3) is 0.333. The van der Waals surface area contributed by atoms with E-state index in [1.807, 2.05) is 0 Å². The summed E-state index contributed by atoms with van der Waals surface area (Å²) < 4.78 is 25.8. The maximum atomic E-state index is 12.9. The number of rotatable bonds is 2. The smallest absolute Gasteiger partial charge is 0.140 e. The SMILES string of the molecule is CC[C@@H](O)c1cc(F)cc(F)c1Br. The van der Waals surface area contributed by atoms with Gasteiger partial charge in [-0.2, -0.15) is 0 Å². The van der Waals surface area contributed by atoms with Gasteiger partial charge >= 0.3 is 0 Å². The molecule has 1 N–H and O–H groups in total. The quantitative estimate of drug-likeness (QED) is 0.800. The van der Waals surface area contributed by atoms with Gasteiger partial charge in [-0.15, -0.1) is 0 Å². The summed E-state index contributed by atoms with van der Waals surface area (Å²) in [4.78, 5) is 0. The summed E-state index contributed by atoms with van der Waals surface area (Å²) in [7, 11) is 0. The molecule has 0 radical (unpaired) electrons. The highest BCUT2D eigenvalue weighted by Crippen LogP contribution is 2.28. The molecule has 1 nitrogen and oxygen atoms in total. The summed E-state index contributed by atoms with van der Waals surface area (Å²) in [5, 5.41) is 9.40. The van der Waals surface area contributed by atoms with Crippen molar-refractivity contribution in [2.24, 2.45) is 0 Å². The highest BCUT2D eigenvalue weighted by Gasteiger charge is 2.14. The second kappa shape index (κ2) is 4.15. The minimum Gasteiger partial charge on any atom is -0.388 e. The Bertz CT molecular complexity index is 315. The molecule has 0 bridgehead atoms. The minimum atomic E-state index is -0.834. The van der Waals surface area contributed by atoms with Crippen LogP contribution in [0.3, 0.4) is 0 Å². The maximum absolute atomic E-state index is 12.9. The fourth-order valence-electron chi connectivity index (χ4n) is 1.04. The Hall–Kier alpha value is -0.480. The number of hydrogen-bond donors (Lipinski definition) is 1. The van der Waals surface area contributed by atoms with Gasteiger partial charge in [0.15, 0.2) is 0 Å². The molecule has 4 heteroatoms. The molecule has 0 aliphatic carbocycles. The molecule has 72 valence electrons. The van der Waals surface area contributed by atoms with Crippen LogP contribution in [0.15, 0.2) is 16.6 Å². The van der Waals surface area contributed by atoms with Gasteiger partial charge in [0.2, 0.25) is 0 Å². The van der Waals surface area contributed by atoms with Crippen LogP contribution in [0.2, 0.25) is 0 Å². The number of hydrogen-bond acceptors (Lipinski definition) is 1. The molecule has 0 saturated heterocycles. The van der Waals surface area contributed by atoms with E-state index in [0.717, 1.165) is 12.1 Å². The van der Waals surface area contributed by atoms with Gasteiger partial charge < -0.3 is 5.11 Å². The molecule has 0 unspecified atom stereocenters. The first-order chi connectivity index (χ1) is 6.06. The lowest BCUT2D eigenvalue weighted by molar-refractivity contribution is 0.172. The molecule has 0 saturated carbocycles. The molecule has 0 aliphatic heterocycles. The molecule has 0 amide bonds. The third-order valence-electron chi connectivity index (χ3n) is 1.77. The van der Waals surface area contributed by atoms with Crippen LogP contribution in [0.25, 0.3) is 0 Å². The summed E-state index contributed by atoms with van der Waals surface area (Å²) in [6.45, 7) is 1.74.